The summed E-state index contributed by atoms with van der Waals surface area (Å²) in [7, 11) is 2.29. The highest BCUT2D eigenvalue weighted by Crippen LogP contribution is 2.32. The largest absolute Gasteiger partial charge is 0.391 e. The molecule has 0 radical (unpaired) electrons. The first-order valence-electron chi connectivity index (χ1n) is 6.90. The average Bonchev–Trinajstić information content (AvgIpc) is 2.74. The van der Waals surface area contributed by atoms with Crippen LogP contribution in [0.3, 0.4) is 0 Å². The van der Waals surface area contributed by atoms with Crippen molar-refractivity contribution in [3.63, 3.8) is 0 Å². The maximum atomic E-state index is 10.0. The minimum Gasteiger partial charge on any atom is -0.391 e. The van der Waals surface area contributed by atoms with Crippen LogP contribution in [0, 0.1) is 0 Å². The second-order valence-corrected chi connectivity index (χ2v) is 5.90. The summed E-state index contributed by atoms with van der Waals surface area (Å²) < 4.78 is 0. The van der Waals surface area contributed by atoms with Crippen LogP contribution in [0.4, 0.5) is 0 Å². The van der Waals surface area contributed by atoms with Gasteiger partial charge in [0, 0.05) is 31.2 Å². The summed E-state index contributed by atoms with van der Waals surface area (Å²) in [5.74, 6) is 0. The number of fused-ring (bicyclic) bond motifs is 2. The average molecular weight is 224 g/mol. The number of hydrogen-bond donors (Lipinski definition) is 1. The van der Waals surface area contributed by atoms with Gasteiger partial charge in [0.15, 0.2) is 0 Å². The van der Waals surface area contributed by atoms with Crippen LogP contribution in [0.2, 0.25) is 0 Å². The van der Waals surface area contributed by atoms with Gasteiger partial charge in [0.2, 0.25) is 0 Å². The summed E-state index contributed by atoms with van der Waals surface area (Å²) in [6, 6.07) is 2.03. The fraction of sp³-hybridized carbons (Fsp3) is 1.00. The van der Waals surface area contributed by atoms with Crippen LogP contribution >= 0.6 is 0 Å². The molecule has 2 saturated heterocycles. The van der Waals surface area contributed by atoms with E-state index in [2.05, 4.69) is 16.8 Å². The zero-order chi connectivity index (χ0) is 11.1. The van der Waals surface area contributed by atoms with E-state index in [0.29, 0.717) is 6.04 Å². The summed E-state index contributed by atoms with van der Waals surface area (Å²) in [6.07, 6.45) is 7.44. The standard InChI is InChI=1S/C13H24N2O/c1-14-10-5-6-11(14)9-15(8-7-10)12-3-2-4-13(12)16/h10-13,16H,2-9H2,1H3/t10?,11?,12-,13-/m1/s1. The third kappa shape index (κ3) is 1.79. The molecule has 3 aliphatic rings. The molecule has 92 valence electrons. The van der Waals surface area contributed by atoms with Crippen LogP contribution in [-0.4, -0.2) is 59.3 Å². The normalized spacial score (nSPS) is 46.1. The van der Waals surface area contributed by atoms with Crippen molar-refractivity contribution in [2.75, 3.05) is 20.1 Å². The monoisotopic (exact) mass is 224 g/mol. The number of aliphatic hydroxyl groups excluding tert-OH is 1. The van der Waals surface area contributed by atoms with E-state index in [0.717, 1.165) is 18.5 Å². The SMILES string of the molecule is CN1C2CCC1CN([C@@H]1CCC[C@H]1O)CC2. The molecular formula is C13H24N2O. The topological polar surface area (TPSA) is 26.7 Å². The third-order valence-corrected chi connectivity index (χ3v) is 5.09. The molecule has 0 aromatic rings. The Labute approximate surface area is 98.4 Å². The van der Waals surface area contributed by atoms with Gasteiger partial charge in [-0.2, -0.15) is 0 Å². The van der Waals surface area contributed by atoms with E-state index in [1.807, 2.05) is 0 Å². The molecule has 4 atom stereocenters. The zero-order valence-electron chi connectivity index (χ0n) is 10.3. The smallest absolute Gasteiger partial charge is 0.0695 e. The number of likely N-dealkylation sites (tertiary alicyclic amines) is 1. The molecule has 0 aromatic carbocycles. The van der Waals surface area contributed by atoms with Crippen LogP contribution in [0.5, 0.6) is 0 Å². The van der Waals surface area contributed by atoms with Crippen molar-refractivity contribution < 1.29 is 5.11 Å². The second kappa shape index (κ2) is 4.28. The molecule has 2 heterocycles. The predicted octanol–water partition coefficient (Wildman–Crippen LogP) is 1.07. The highest BCUT2D eigenvalue weighted by molar-refractivity contribution is 4.95. The Morgan fingerprint density at radius 3 is 2.56 bits per heavy atom. The Balaban J connectivity index is 1.69. The first-order valence-corrected chi connectivity index (χ1v) is 6.90. The first kappa shape index (κ1) is 11.0. The molecule has 2 bridgehead atoms. The molecular weight excluding hydrogens is 200 g/mol. The first-order chi connectivity index (χ1) is 7.75. The second-order valence-electron chi connectivity index (χ2n) is 5.90. The van der Waals surface area contributed by atoms with Gasteiger partial charge in [-0.05, 0) is 45.6 Å². The maximum Gasteiger partial charge on any atom is 0.0695 e. The van der Waals surface area contributed by atoms with Gasteiger partial charge in [0.05, 0.1) is 6.10 Å². The van der Waals surface area contributed by atoms with E-state index in [1.165, 1.54) is 45.2 Å². The number of rotatable bonds is 1. The van der Waals surface area contributed by atoms with Crippen molar-refractivity contribution in [2.45, 2.75) is 62.8 Å². The molecule has 3 heteroatoms. The van der Waals surface area contributed by atoms with E-state index in [-0.39, 0.29) is 6.10 Å². The van der Waals surface area contributed by atoms with Gasteiger partial charge in [-0.3, -0.25) is 9.80 Å². The maximum absolute atomic E-state index is 10.0. The Bertz CT molecular complexity index is 258. The fourth-order valence-electron chi connectivity index (χ4n) is 3.98. The lowest BCUT2D eigenvalue weighted by Crippen LogP contribution is -2.45. The molecule has 0 spiro atoms. The Kier molecular flexibility index (Phi) is 2.94. The molecule has 0 aromatic heterocycles. The molecule has 3 nitrogen and oxygen atoms in total. The van der Waals surface area contributed by atoms with Crippen molar-refractivity contribution in [2.24, 2.45) is 0 Å². The van der Waals surface area contributed by atoms with Crippen LogP contribution in [0.1, 0.15) is 38.5 Å². The zero-order valence-corrected chi connectivity index (χ0v) is 10.3. The molecule has 2 aliphatic heterocycles. The summed E-state index contributed by atoms with van der Waals surface area (Å²) in [5, 5.41) is 10.0. The molecule has 1 N–H and O–H groups in total. The molecule has 1 saturated carbocycles. The van der Waals surface area contributed by atoms with Crippen molar-refractivity contribution in [3.8, 4) is 0 Å². The van der Waals surface area contributed by atoms with Crippen molar-refractivity contribution in [3.05, 3.63) is 0 Å². The van der Waals surface area contributed by atoms with Gasteiger partial charge in [0.1, 0.15) is 0 Å². The van der Waals surface area contributed by atoms with Gasteiger partial charge in [0.25, 0.3) is 0 Å². The number of nitrogens with zero attached hydrogens (tertiary/aromatic N) is 2. The minimum absolute atomic E-state index is 0.0538. The van der Waals surface area contributed by atoms with E-state index in [4.69, 9.17) is 0 Å². The van der Waals surface area contributed by atoms with Crippen molar-refractivity contribution in [1.82, 2.24) is 9.80 Å². The van der Waals surface area contributed by atoms with E-state index >= 15 is 0 Å². The van der Waals surface area contributed by atoms with E-state index < -0.39 is 0 Å². The number of hydrogen-bond acceptors (Lipinski definition) is 3. The van der Waals surface area contributed by atoms with Gasteiger partial charge >= 0.3 is 0 Å². The molecule has 0 amide bonds. The van der Waals surface area contributed by atoms with Gasteiger partial charge in [-0.15, -0.1) is 0 Å². The van der Waals surface area contributed by atoms with Crippen LogP contribution in [-0.2, 0) is 0 Å². The van der Waals surface area contributed by atoms with Gasteiger partial charge < -0.3 is 5.11 Å². The Hall–Kier alpha value is -0.120. The summed E-state index contributed by atoms with van der Waals surface area (Å²) in [6.45, 7) is 2.39. The predicted molar refractivity (Wildman–Crippen MR) is 64.4 cm³/mol. The van der Waals surface area contributed by atoms with Crippen molar-refractivity contribution in [1.29, 1.82) is 0 Å². The van der Waals surface area contributed by atoms with Crippen LogP contribution in [0.25, 0.3) is 0 Å². The quantitative estimate of drug-likeness (QED) is 0.722. The summed E-state index contributed by atoms with van der Waals surface area (Å²) >= 11 is 0. The van der Waals surface area contributed by atoms with Gasteiger partial charge in [-0.25, -0.2) is 0 Å². The summed E-state index contributed by atoms with van der Waals surface area (Å²) in [4.78, 5) is 5.17. The highest BCUT2D eigenvalue weighted by Gasteiger charge is 2.39. The number of aliphatic hydroxyl groups is 1. The van der Waals surface area contributed by atoms with Crippen LogP contribution < -0.4 is 0 Å². The number of likely N-dealkylation sites (N-methyl/N-ethyl adjacent to an activating group) is 1. The molecule has 1 aliphatic carbocycles. The van der Waals surface area contributed by atoms with E-state index in [9.17, 15) is 5.11 Å². The Morgan fingerprint density at radius 1 is 1.00 bits per heavy atom. The lowest BCUT2D eigenvalue weighted by molar-refractivity contribution is 0.0650. The fourth-order valence-corrected chi connectivity index (χ4v) is 3.98. The van der Waals surface area contributed by atoms with Crippen LogP contribution in [0.15, 0.2) is 0 Å². The highest BCUT2D eigenvalue weighted by atomic mass is 16.3. The van der Waals surface area contributed by atoms with Crippen molar-refractivity contribution >= 4 is 0 Å². The third-order valence-electron chi connectivity index (χ3n) is 5.09. The lowest BCUT2D eigenvalue weighted by atomic mass is 10.1. The minimum atomic E-state index is -0.0538. The molecule has 2 unspecified atom stereocenters. The molecule has 3 rings (SSSR count). The van der Waals surface area contributed by atoms with Gasteiger partial charge in [-0.1, -0.05) is 0 Å². The lowest BCUT2D eigenvalue weighted by Gasteiger charge is -2.32. The Morgan fingerprint density at radius 2 is 1.81 bits per heavy atom. The summed E-state index contributed by atoms with van der Waals surface area (Å²) in [5.41, 5.74) is 0. The molecule has 16 heavy (non-hydrogen) atoms. The molecule has 3 fully saturated rings. The van der Waals surface area contributed by atoms with E-state index in [1.54, 1.807) is 0 Å².